The van der Waals surface area contributed by atoms with Crippen LogP contribution in [0.5, 0.6) is 5.75 Å². The summed E-state index contributed by atoms with van der Waals surface area (Å²) in [5, 5.41) is 3.03. The summed E-state index contributed by atoms with van der Waals surface area (Å²) in [4.78, 5) is 17.1. The second-order valence-electron chi connectivity index (χ2n) is 6.86. The van der Waals surface area contributed by atoms with Crippen molar-refractivity contribution < 1.29 is 9.53 Å². The lowest BCUT2D eigenvalue weighted by Crippen LogP contribution is -2.44. The molecule has 5 nitrogen and oxygen atoms in total. The molecule has 1 N–H and O–H groups in total. The van der Waals surface area contributed by atoms with Crippen LogP contribution in [0, 0.1) is 6.92 Å². The Labute approximate surface area is 155 Å². The number of rotatable bonds is 5. The van der Waals surface area contributed by atoms with Gasteiger partial charge in [0, 0.05) is 37.6 Å². The maximum absolute atomic E-state index is 12.4. The highest BCUT2D eigenvalue weighted by Crippen LogP contribution is 2.24. The third kappa shape index (κ3) is 4.55. The van der Waals surface area contributed by atoms with Gasteiger partial charge < -0.3 is 19.9 Å². The minimum atomic E-state index is -0.00869. The second kappa shape index (κ2) is 8.23. The van der Waals surface area contributed by atoms with E-state index in [1.54, 1.807) is 7.11 Å². The highest BCUT2D eigenvalue weighted by molar-refractivity contribution is 5.93. The van der Waals surface area contributed by atoms with E-state index in [0.717, 1.165) is 48.7 Å². The molecule has 0 bridgehead atoms. The number of aryl methyl sites for hydroxylation is 1. The van der Waals surface area contributed by atoms with E-state index >= 15 is 0 Å². The molecule has 1 heterocycles. The molecule has 0 spiro atoms. The molecule has 0 aromatic heterocycles. The lowest BCUT2D eigenvalue weighted by atomic mass is 10.1. The van der Waals surface area contributed by atoms with Gasteiger partial charge in [0.25, 0.3) is 0 Å². The van der Waals surface area contributed by atoms with Gasteiger partial charge in [0.15, 0.2) is 0 Å². The summed E-state index contributed by atoms with van der Waals surface area (Å²) in [6, 6.07) is 13.9. The monoisotopic (exact) mass is 353 g/mol. The molecule has 1 fully saturated rings. The number of methoxy groups -OCH3 is 1. The number of likely N-dealkylation sites (N-methyl/N-ethyl adjacent to an activating group) is 1. The first-order valence-electron chi connectivity index (χ1n) is 9.02. The number of nitrogens with one attached hydrogen (secondary N) is 1. The van der Waals surface area contributed by atoms with Crippen LogP contribution in [-0.2, 0) is 11.2 Å². The molecule has 1 aliphatic rings. The van der Waals surface area contributed by atoms with Gasteiger partial charge in [-0.3, -0.25) is 4.79 Å². The van der Waals surface area contributed by atoms with Crippen LogP contribution in [0.4, 0.5) is 11.4 Å². The van der Waals surface area contributed by atoms with E-state index in [2.05, 4.69) is 34.3 Å². The van der Waals surface area contributed by atoms with Gasteiger partial charge in [-0.1, -0.05) is 12.1 Å². The van der Waals surface area contributed by atoms with Gasteiger partial charge in [-0.15, -0.1) is 0 Å². The van der Waals surface area contributed by atoms with Crippen molar-refractivity contribution in [3.8, 4) is 5.75 Å². The van der Waals surface area contributed by atoms with E-state index in [-0.39, 0.29) is 5.91 Å². The quantitative estimate of drug-likeness (QED) is 0.898. The molecule has 2 aromatic rings. The van der Waals surface area contributed by atoms with Gasteiger partial charge in [-0.25, -0.2) is 0 Å². The number of hydrogen-bond donors (Lipinski definition) is 1. The molecule has 0 atom stereocenters. The molecule has 0 radical (unpaired) electrons. The van der Waals surface area contributed by atoms with Gasteiger partial charge in [0.05, 0.1) is 13.5 Å². The normalized spacial score (nSPS) is 15.0. The SMILES string of the molecule is COc1ccc(CC(=O)Nc2ccc(N3CCN(C)CC3)cc2C)cc1. The molecule has 0 saturated carbocycles. The Hall–Kier alpha value is -2.53. The maximum atomic E-state index is 12.4. The largest absolute Gasteiger partial charge is 0.497 e. The van der Waals surface area contributed by atoms with E-state index in [1.165, 1.54) is 5.69 Å². The molecule has 5 heteroatoms. The molecule has 1 amide bonds. The van der Waals surface area contributed by atoms with Crippen molar-refractivity contribution in [2.45, 2.75) is 13.3 Å². The summed E-state index contributed by atoms with van der Waals surface area (Å²) < 4.78 is 5.15. The summed E-state index contributed by atoms with van der Waals surface area (Å²) >= 11 is 0. The first-order chi connectivity index (χ1) is 12.5. The fraction of sp³-hybridized carbons (Fsp3) is 0.381. The Morgan fingerprint density at radius 3 is 2.38 bits per heavy atom. The average molecular weight is 353 g/mol. The number of benzene rings is 2. The Morgan fingerprint density at radius 2 is 1.77 bits per heavy atom. The highest BCUT2D eigenvalue weighted by Gasteiger charge is 2.15. The number of carbonyl (C=O) groups excluding carboxylic acids is 1. The standard InChI is InChI=1S/C21H27N3O2/c1-16-14-18(24-12-10-23(2)11-13-24)6-9-20(16)22-21(25)15-17-4-7-19(26-3)8-5-17/h4-9,14H,10-13,15H2,1-3H3,(H,22,25). The number of amides is 1. The van der Waals surface area contributed by atoms with Crippen molar-refractivity contribution >= 4 is 17.3 Å². The van der Waals surface area contributed by atoms with Crippen molar-refractivity contribution in [1.82, 2.24) is 4.90 Å². The van der Waals surface area contributed by atoms with Gasteiger partial charge in [-0.05, 0) is 55.4 Å². The number of carbonyl (C=O) groups is 1. The van der Waals surface area contributed by atoms with Crippen LogP contribution in [0.1, 0.15) is 11.1 Å². The molecule has 1 aliphatic heterocycles. The summed E-state index contributed by atoms with van der Waals surface area (Å²) in [5.74, 6) is 0.787. The Bertz CT molecular complexity index is 750. The van der Waals surface area contributed by atoms with Crippen LogP contribution in [0.3, 0.4) is 0 Å². The lowest BCUT2D eigenvalue weighted by molar-refractivity contribution is -0.115. The summed E-state index contributed by atoms with van der Waals surface area (Å²) in [5.41, 5.74) is 4.16. The fourth-order valence-corrected chi connectivity index (χ4v) is 3.17. The zero-order valence-electron chi connectivity index (χ0n) is 15.8. The van der Waals surface area contributed by atoms with Crippen LogP contribution in [0.15, 0.2) is 42.5 Å². The first-order valence-corrected chi connectivity index (χ1v) is 9.02. The zero-order chi connectivity index (χ0) is 18.5. The van der Waals surface area contributed by atoms with Crippen LogP contribution in [-0.4, -0.2) is 51.1 Å². The molecule has 2 aromatic carbocycles. The molecule has 0 aliphatic carbocycles. The molecule has 0 unspecified atom stereocenters. The topological polar surface area (TPSA) is 44.8 Å². The maximum Gasteiger partial charge on any atom is 0.228 e. The minimum absolute atomic E-state index is 0.00869. The Kier molecular flexibility index (Phi) is 5.78. The number of anilines is 2. The molecular weight excluding hydrogens is 326 g/mol. The van der Waals surface area contributed by atoms with E-state index in [4.69, 9.17) is 4.74 Å². The smallest absolute Gasteiger partial charge is 0.228 e. The van der Waals surface area contributed by atoms with Crippen LogP contribution >= 0.6 is 0 Å². The molecule has 26 heavy (non-hydrogen) atoms. The first kappa shape index (κ1) is 18.3. The Morgan fingerprint density at radius 1 is 1.08 bits per heavy atom. The van der Waals surface area contributed by atoms with Gasteiger partial charge in [-0.2, -0.15) is 0 Å². The van der Waals surface area contributed by atoms with Gasteiger partial charge >= 0.3 is 0 Å². The number of piperazine rings is 1. The predicted molar refractivity (Wildman–Crippen MR) is 106 cm³/mol. The second-order valence-corrected chi connectivity index (χ2v) is 6.86. The lowest BCUT2D eigenvalue weighted by Gasteiger charge is -2.34. The van der Waals surface area contributed by atoms with Gasteiger partial charge in [0.2, 0.25) is 5.91 Å². The molecular formula is C21H27N3O2. The summed E-state index contributed by atoms with van der Waals surface area (Å²) in [6.07, 6.45) is 0.351. The zero-order valence-corrected chi connectivity index (χ0v) is 15.8. The van der Waals surface area contributed by atoms with Crippen molar-refractivity contribution in [2.75, 3.05) is 50.6 Å². The summed E-state index contributed by atoms with van der Waals surface area (Å²) in [7, 11) is 3.79. The number of hydrogen-bond acceptors (Lipinski definition) is 4. The molecule has 1 saturated heterocycles. The van der Waals surface area contributed by atoms with E-state index in [1.807, 2.05) is 37.3 Å². The van der Waals surface area contributed by atoms with E-state index < -0.39 is 0 Å². The van der Waals surface area contributed by atoms with Crippen molar-refractivity contribution in [3.05, 3.63) is 53.6 Å². The van der Waals surface area contributed by atoms with Crippen molar-refractivity contribution in [1.29, 1.82) is 0 Å². The van der Waals surface area contributed by atoms with Gasteiger partial charge in [0.1, 0.15) is 5.75 Å². The number of ether oxygens (including phenoxy) is 1. The molecule has 3 rings (SSSR count). The van der Waals surface area contributed by atoms with E-state index in [9.17, 15) is 4.79 Å². The van der Waals surface area contributed by atoms with Crippen LogP contribution in [0.25, 0.3) is 0 Å². The Balaban J connectivity index is 1.61. The van der Waals surface area contributed by atoms with Crippen molar-refractivity contribution in [3.63, 3.8) is 0 Å². The third-order valence-corrected chi connectivity index (χ3v) is 4.88. The highest BCUT2D eigenvalue weighted by atomic mass is 16.5. The summed E-state index contributed by atoms with van der Waals surface area (Å²) in [6.45, 7) is 6.29. The van der Waals surface area contributed by atoms with E-state index in [0.29, 0.717) is 6.42 Å². The number of nitrogens with zero attached hydrogens (tertiary/aromatic N) is 2. The van der Waals surface area contributed by atoms with Crippen LogP contribution in [0.2, 0.25) is 0 Å². The molecule has 138 valence electrons. The third-order valence-electron chi connectivity index (χ3n) is 4.88. The van der Waals surface area contributed by atoms with Crippen LogP contribution < -0.4 is 15.0 Å². The predicted octanol–water partition coefficient (Wildman–Crippen LogP) is 2.94. The fourth-order valence-electron chi connectivity index (χ4n) is 3.17. The minimum Gasteiger partial charge on any atom is -0.497 e. The average Bonchev–Trinajstić information content (AvgIpc) is 2.64. The van der Waals surface area contributed by atoms with Crippen molar-refractivity contribution in [2.24, 2.45) is 0 Å².